The largest absolute Gasteiger partial charge is 0.297 e. The summed E-state index contributed by atoms with van der Waals surface area (Å²) in [5.41, 5.74) is 0. The van der Waals surface area contributed by atoms with Gasteiger partial charge in [0.15, 0.2) is 0 Å². The van der Waals surface area contributed by atoms with E-state index < -0.39 is 0 Å². The van der Waals surface area contributed by atoms with Crippen LogP contribution in [-0.4, -0.2) is 41.4 Å². The Hall–Kier alpha value is 0.750. The maximum Gasteiger partial charge on any atom is 0.0267 e. The van der Waals surface area contributed by atoms with Gasteiger partial charge in [-0.15, -0.1) is 0 Å². The van der Waals surface area contributed by atoms with Crippen LogP contribution < -0.4 is 0 Å². The molecule has 0 saturated heterocycles. The monoisotopic (exact) mass is 195 g/mol. The van der Waals surface area contributed by atoms with E-state index in [0.29, 0.717) is 0 Å². The molecule has 60 valence electrons. The summed E-state index contributed by atoms with van der Waals surface area (Å²) in [6.07, 6.45) is 0. The minimum Gasteiger partial charge on any atom is -0.297 e. The van der Waals surface area contributed by atoms with Gasteiger partial charge in [-0.2, -0.15) is 25.3 Å². The fourth-order valence-electron chi connectivity index (χ4n) is 0.683. The average Bonchev–Trinajstić information content (AvgIpc) is 1.90. The van der Waals surface area contributed by atoms with Crippen LogP contribution in [0.15, 0.2) is 0 Å². The second-order valence-electron chi connectivity index (χ2n) is 1.91. The Bertz CT molecular complexity index is 81.1. The number of nitrogens with zero attached hydrogens (tertiary/aromatic N) is 1. The van der Waals surface area contributed by atoms with Gasteiger partial charge in [-0.3, -0.25) is 4.90 Å². The Balaban J connectivity index is 3.38. The highest BCUT2D eigenvalue weighted by Gasteiger charge is 1.98. The fourth-order valence-corrected chi connectivity index (χ4v) is 1.46. The van der Waals surface area contributed by atoms with Crippen LogP contribution in [0.25, 0.3) is 0 Å². The molecule has 0 amide bonds. The van der Waals surface area contributed by atoms with Crippen LogP contribution in [0.1, 0.15) is 0 Å². The van der Waals surface area contributed by atoms with Gasteiger partial charge < -0.3 is 0 Å². The Kier molecular flexibility index (Phi) is 8.44. The lowest BCUT2D eigenvalue weighted by Crippen LogP contribution is -2.29. The molecule has 0 rings (SSSR count). The van der Waals surface area contributed by atoms with E-state index in [0.717, 1.165) is 31.1 Å². The Labute approximate surface area is 79.0 Å². The molecule has 0 unspecified atom stereocenters. The van der Waals surface area contributed by atoms with Crippen molar-refractivity contribution in [2.45, 2.75) is 0 Å². The zero-order valence-electron chi connectivity index (χ0n) is 5.86. The number of rotatable bonds is 6. The Morgan fingerprint density at radius 1 is 1.20 bits per heavy atom. The molecule has 10 heavy (non-hydrogen) atoms. The van der Waals surface area contributed by atoms with E-state index in [1.807, 2.05) is 0 Å². The highest BCUT2D eigenvalue weighted by Crippen LogP contribution is 1.89. The Morgan fingerprint density at radius 3 is 2.00 bits per heavy atom. The second-order valence-corrected chi connectivity index (χ2v) is 3.14. The normalized spacial score (nSPS) is 10.3. The zero-order chi connectivity index (χ0) is 7.82. The molecule has 4 heteroatoms. The van der Waals surface area contributed by atoms with E-state index in [4.69, 9.17) is 12.2 Å². The SMILES string of the molecule is S=CCN(CCS)CCS. The van der Waals surface area contributed by atoms with Gasteiger partial charge in [0.05, 0.1) is 0 Å². The number of hydrogen-bond acceptors (Lipinski definition) is 4. The van der Waals surface area contributed by atoms with Gasteiger partial charge in [-0.05, 0) is 5.37 Å². The molecule has 0 bridgehead atoms. The van der Waals surface area contributed by atoms with Gasteiger partial charge >= 0.3 is 0 Å². The highest BCUT2D eigenvalue weighted by atomic mass is 32.1. The van der Waals surface area contributed by atoms with Gasteiger partial charge in [-0.25, -0.2) is 0 Å². The van der Waals surface area contributed by atoms with E-state index in [2.05, 4.69) is 30.2 Å². The van der Waals surface area contributed by atoms with Crippen LogP contribution in [0, 0.1) is 0 Å². The standard InChI is InChI=1S/C6H13NS3/c8-4-1-7(2-5-9)3-6-10/h4,9-10H,1-3,5-6H2. The van der Waals surface area contributed by atoms with Crippen LogP contribution >= 0.6 is 37.5 Å². The molecule has 0 fully saturated rings. The topological polar surface area (TPSA) is 3.24 Å². The second kappa shape index (κ2) is 7.85. The van der Waals surface area contributed by atoms with Gasteiger partial charge in [0.1, 0.15) is 0 Å². The van der Waals surface area contributed by atoms with Crippen molar-refractivity contribution in [3.63, 3.8) is 0 Å². The van der Waals surface area contributed by atoms with Crippen LogP contribution in [0.3, 0.4) is 0 Å². The lowest BCUT2D eigenvalue weighted by atomic mass is 10.5. The van der Waals surface area contributed by atoms with E-state index in [1.54, 1.807) is 5.37 Å². The minimum atomic E-state index is 0.871. The lowest BCUT2D eigenvalue weighted by Gasteiger charge is -2.17. The molecule has 0 radical (unpaired) electrons. The fraction of sp³-hybridized carbons (Fsp3) is 0.833. The van der Waals surface area contributed by atoms with Gasteiger partial charge in [-0.1, -0.05) is 12.2 Å². The van der Waals surface area contributed by atoms with Crippen molar-refractivity contribution in [3.05, 3.63) is 0 Å². The molecule has 0 N–H and O–H groups in total. The summed E-state index contributed by atoms with van der Waals surface area (Å²) in [7, 11) is 0. The third-order valence-corrected chi connectivity index (χ3v) is 1.71. The molecule has 0 aliphatic carbocycles. The molecule has 0 aromatic rings. The molecule has 1 nitrogen and oxygen atoms in total. The van der Waals surface area contributed by atoms with Crippen molar-refractivity contribution >= 4 is 42.8 Å². The third kappa shape index (κ3) is 5.53. The van der Waals surface area contributed by atoms with Crippen LogP contribution in [-0.2, 0) is 0 Å². The molecule has 0 aromatic carbocycles. The smallest absolute Gasteiger partial charge is 0.0267 e. The first-order chi connectivity index (χ1) is 4.85. The predicted octanol–water partition coefficient (Wildman–Crippen LogP) is 1.15. The third-order valence-electron chi connectivity index (χ3n) is 1.17. The van der Waals surface area contributed by atoms with Crippen LogP contribution in [0.4, 0.5) is 0 Å². The molecule has 0 saturated carbocycles. The highest BCUT2D eigenvalue weighted by molar-refractivity contribution is 7.80. The maximum atomic E-state index is 4.74. The molecule has 0 spiro atoms. The number of hydrogen-bond donors (Lipinski definition) is 2. The zero-order valence-corrected chi connectivity index (χ0v) is 8.47. The van der Waals surface area contributed by atoms with Gasteiger partial charge in [0, 0.05) is 31.1 Å². The number of thiocarbonyl (C=S) groups is 1. The molecule has 0 atom stereocenters. The van der Waals surface area contributed by atoms with Crippen molar-refractivity contribution in [1.82, 2.24) is 4.90 Å². The van der Waals surface area contributed by atoms with Crippen molar-refractivity contribution in [2.24, 2.45) is 0 Å². The quantitative estimate of drug-likeness (QED) is 0.483. The van der Waals surface area contributed by atoms with Crippen molar-refractivity contribution < 1.29 is 0 Å². The first-order valence-electron chi connectivity index (χ1n) is 3.23. The van der Waals surface area contributed by atoms with Gasteiger partial charge in [0.2, 0.25) is 0 Å². The minimum absolute atomic E-state index is 0.871. The summed E-state index contributed by atoms with van der Waals surface area (Å²) < 4.78 is 0. The van der Waals surface area contributed by atoms with Crippen molar-refractivity contribution in [1.29, 1.82) is 0 Å². The molecule has 0 aromatic heterocycles. The maximum absolute atomic E-state index is 4.74. The van der Waals surface area contributed by atoms with Crippen LogP contribution in [0.2, 0.25) is 0 Å². The molecule has 0 aliphatic rings. The summed E-state index contributed by atoms with van der Waals surface area (Å²) in [4.78, 5) is 2.23. The molecule has 0 heterocycles. The summed E-state index contributed by atoms with van der Waals surface area (Å²) in [6, 6.07) is 0. The first-order valence-corrected chi connectivity index (χ1v) is 4.96. The summed E-state index contributed by atoms with van der Waals surface area (Å²) in [6.45, 7) is 2.87. The molecule has 0 aliphatic heterocycles. The first kappa shape index (κ1) is 10.8. The summed E-state index contributed by atoms with van der Waals surface area (Å²) >= 11 is 13.0. The average molecular weight is 195 g/mol. The lowest BCUT2D eigenvalue weighted by molar-refractivity contribution is 0.357. The Morgan fingerprint density at radius 2 is 1.70 bits per heavy atom. The van der Waals surface area contributed by atoms with Crippen molar-refractivity contribution in [3.8, 4) is 0 Å². The van der Waals surface area contributed by atoms with Gasteiger partial charge in [0.25, 0.3) is 0 Å². The van der Waals surface area contributed by atoms with E-state index in [-0.39, 0.29) is 0 Å². The molecular formula is C6H13NS3. The van der Waals surface area contributed by atoms with E-state index in [1.165, 1.54) is 0 Å². The number of thiol groups is 2. The van der Waals surface area contributed by atoms with Crippen molar-refractivity contribution in [2.75, 3.05) is 31.1 Å². The summed E-state index contributed by atoms with van der Waals surface area (Å²) in [5, 5.41) is 1.74. The summed E-state index contributed by atoms with van der Waals surface area (Å²) in [5.74, 6) is 1.77. The predicted molar refractivity (Wildman–Crippen MR) is 57.8 cm³/mol. The molecular weight excluding hydrogens is 182 g/mol. The van der Waals surface area contributed by atoms with E-state index >= 15 is 0 Å². The van der Waals surface area contributed by atoms with Crippen LogP contribution in [0.5, 0.6) is 0 Å². The van der Waals surface area contributed by atoms with E-state index in [9.17, 15) is 0 Å².